The van der Waals surface area contributed by atoms with Crippen LogP contribution in [0.5, 0.6) is 5.75 Å². The van der Waals surface area contributed by atoms with E-state index >= 15 is 0 Å². The average Bonchev–Trinajstić information content (AvgIpc) is 2.53. The Morgan fingerprint density at radius 1 is 1.25 bits per heavy atom. The first-order valence-electron chi connectivity index (χ1n) is 7.06. The monoisotopic (exact) mass is 269 g/mol. The van der Waals surface area contributed by atoms with E-state index in [4.69, 9.17) is 14.7 Å². The number of benzene rings is 1. The van der Waals surface area contributed by atoms with Crippen LogP contribution >= 0.6 is 0 Å². The Labute approximate surface area is 119 Å². The van der Waals surface area contributed by atoms with Crippen LogP contribution in [0.25, 0.3) is 11.4 Å². The number of hydrogen-bond donors (Lipinski definition) is 1. The molecule has 0 fully saturated rings. The van der Waals surface area contributed by atoms with E-state index in [1.54, 1.807) is 7.11 Å². The SMILES string of the molecule is CCc1nc(-c2ccccc2OC)nc2c1CCNC2. The number of rotatable bonds is 3. The predicted molar refractivity (Wildman–Crippen MR) is 78.8 cm³/mol. The first-order chi connectivity index (χ1) is 9.83. The number of ether oxygens (including phenoxy) is 1. The van der Waals surface area contributed by atoms with E-state index in [0.717, 1.165) is 54.5 Å². The maximum absolute atomic E-state index is 5.42. The Morgan fingerprint density at radius 2 is 2.10 bits per heavy atom. The van der Waals surface area contributed by atoms with Crippen LogP contribution in [-0.2, 0) is 19.4 Å². The smallest absolute Gasteiger partial charge is 0.163 e. The molecule has 1 N–H and O–H groups in total. The van der Waals surface area contributed by atoms with Gasteiger partial charge in [0.25, 0.3) is 0 Å². The van der Waals surface area contributed by atoms with Gasteiger partial charge in [0, 0.05) is 12.2 Å². The lowest BCUT2D eigenvalue weighted by molar-refractivity contribution is 0.416. The highest BCUT2D eigenvalue weighted by Crippen LogP contribution is 2.29. The van der Waals surface area contributed by atoms with Crippen molar-refractivity contribution in [2.45, 2.75) is 26.3 Å². The highest BCUT2D eigenvalue weighted by Gasteiger charge is 2.18. The number of nitrogens with zero attached hydrogens (tertiary/aromatic N) is 2. The third-order valence-electron chi connectivity index (χ3n) is 3.71. The second-order valence-electron chi connectivity index (χ2n) is 4.90. The summed E-state index contributed by atoms with van der Waals surface area (Å²) in [6.07, 6.45) is 1.96. The van der Waals surface area contributed by atoms with Gasteiger partial charge >= 0.3 is 0 Å². The number of methoxy groups -OCH3 is 1. The lowest BCUT2D eigenvalue weighted by Gasteiger charge is -2.20. The van der Waals surface area contributed by atoms with Crippen molar-refractivity contribution in [3.8, 4) is 17.1 Å². The number of para-hydroxylation sites is 1. The zero-order chi connectivity index (χ0) is 13.9. The molecule has 4 heteroatoms. The van der Waals surface area contributed by atoms with Gasteiger partial charge in [-0.05, 0) is 37.1 Å². The van der Waals surface area contributed by atoms with Crippen molar-refractivity contribution in [1.29, 1.82) is 0 Å². The second-order valence-corrected chi connectivity index (χ2v) is 4.90. The lowest BCUT2D eigenvalue weighted by Crippen LogP contribution is -2.26. The van der Waals surface area contributed by atoms with Crippen molar-refractivity contribution in [3.05, 3.63) is 41.2 Å². The second kappa shape index (κ2) is 5.59. The average molecular weight is 269 g/mol. The summed E-state index contributed by atoms with van der Waals surface area (Å²) < 4.78 is 5.42. The van der Waals surface area contributed by atoms with Crippen molar-refractivity contribution in [2.24, 2.45) is 0 Å². The fourth-order valence-corrected chi connectivity index (χ4v) is 2.68. The van der Waals surface area contributed by atoms with Crippen LogP contribution in [0.4, 0.5) is 0 Å². The van der Waals surface area contributed by atoms with Crippen molar-refractivity contribution in [1.82, 2.24) is 15.3 Å². The lowest BCUT2D eigenvalue weighted by atomic mass is 10.0. The van der Waals surface area contributed by atoms with Gasteiger partial charge in [-0.2, -0.15) is 0 Å². The molecule has 0 saturated heterocycles. The van der Waals surface area contributed by atoms with Gasteiger partial charge in [0.05, 0.1) is 18.4 Å². The molecule has 1 aromatic carbocycles. The van der Waals surface area contributed by atoms with Crippen LogP contribution in [-0.4, -0.2) is 23.6 Å². The largest absolute Gasteiger partial charge is 0.496 e. The van der Waals surface area contributed by atoms with Crippen LogP contribution in [0.1, 0.15) is 23.9 Å². The van der Waals surface area contributed by atoms with E-state index in [1.807, 2.05) is 24.3 Å². The van der Waals surface area contributed by atoms with Gasteiger partial charge in [0.2, 0.25) is 0 Å². The molecule has 0 spiro atoms. The molecule has 2 heterocycles. The molecule has 4 nitrogen and oxygen atoms in total. The van der Waals surface area contributed by atoms with Crippen LogP contribution in [0.3, 0.4) is 0 Å². The molecule has 2 aromatic rings. The predicted octanol–water partition coefficient (Wildman–Crippen LogP) is 2.36. The topological polar surface area (TPSA) is 47.0 Å². The van der Waals surface area contributed by atoms with Crippen molar-refractivity contribution in [3.63, 3.8) is 0 Å². The molecule has 1 aliphatic rings. The number of fused-ring (bicyclic) bond motifs is 1. The molecule has 0 aliphatic carbocycles. The van der Waals surface area contributed by atoms with Gasteiger partial charge in [-0.1, -0.05) is 19.1 Å². The minimum absolute atomic E-state index is 0.766. The summed E-state index contributed by atoms with van der Waals surface area (Å²) in [6.45, 7) is 3.99. The standard InChI is InChI=1S/C16H19N3O/c1-3-13-11-8-9-17-10-14(11)19-16(18-13)12-6-4-5-7-15(12)20-2/h4-7,17H,3,8-10H2,1-2H3. The van der Waals surface area contributed by atoms with Crippen molar-refractivity contribution in [2.75, 3.05) is 13.7 Å². The fourth-order valence-electron chi connectivity index (χ4n) is 2.68. The zero-order valence-corrected chi connectivity index (χ0v) is 11.9. The van der Waals surface area contributed by atoms with Gasteiger partial charge in [-0.3, -0.25) is 0 Å². The first-order valence-corrected chi connectivity index (χ1v) is 7.06. The molecule has 104 valence electrons. The molecule has 0 atom stereocenters. The molecule has 0 unspecified atom stereocenters. The van der Waals surface area contributed by atoms with Gasteiger partial charge < -0.3 is 10.1 Å². The molecule has 0 amide bonds. The summed E-state index contributed by atoms with van der Waals surface area (Å²) in [4.78, 5) is 9.51. The zero-order valence-electron chi connectivity index (χ0n) is 11.9. The maximum Gasteiger partial charge on any atom is 0.163 e. The Kier molecular flexibility index (Phi) is 3.65. The van der Waals surface area contributed by atoms with Gasteiger partial charge in [-0.25, -0.2) is 9.97 Å². The van der Waals surface area contributed by atoms with Crippen molar-refractivity contribution >= 4 is 0 Å². The van der Waals surface area contributed by atoms with E-state index in [9.17, 15) is 0 Å². The van der Waals surface area contributed by atoms with E-state index in [2.05, 4.69) is 12.2 Å². The summed E-state index contributed by atoms with van der Waals surface area (Å²) in [5, 5.41) is 3.38. The summed E-state index contributed by atoms with van der Waals surface area (Å²) in [7, 11) is 1.68. The molecule has 1 aromatic heterocycles. The van der Waals surface area contributed by atoms with Crippen molar-refractivity contribution < 1.29 is 4.74 Å². The molecule has 0 radical (unpaired) electrons. The normalized spacial score (nSPS) is 13.9. The summed E-state index contributed by atoms with van der Waals surface area (Å²) in [6, 6.07) is 7.91. The van der Waals surface area contributed by atoms with Crippen LogP contribution in [0.15, 0.2) is 24.3 Å². The van der Waals surface area contributed by atoms with E-state index in [1.165, 1.54) is 5.56 Å². The number of nitrogens with one attached hydrogen (secondary N) is 1. The molecule has 20 heavy (non-hydrogen) atoms. The number of aryl methyl sites for hydroxylation is 1. The Hall–Kier alpha value is -1.94. The molecular formula is C16H19N3O. The molecule has 3 rings (SSSR count). The Morgan fingerprint density at radius 3 is 2.90 bits per heavy atom. The van der Waals surface area contributed by atoms with Gasteiger partial charge in [0.1, 0.15) is 5.75 Å². The van der Waals surface area contributed by atoms with Gasteiger partial charge in [-0.15, -0.1) is 0 Å². The molecule has 0 bridgehead atoms. The Balaban J connectivity index is 2.14. The molecular weight excluding hydrogens is 250 g/mol. The van der Waals surface area contributed by atoms with E-state index in [-0.39, 0.29) is 0 Å². The minimum atomic E-state index is 0.766. The summed E-state index contributed by atoms with van der Waals surface area (Å²) in [5.41, 5.74) is 4.57. The van der Waals surface area contributed by atoms with Gasteiger partial charge in [0.15, 0.2) is 5.82 Å². The number of hydrogen-bond acceptors (Lipinski definition) is 4. The Bertz CT molecular complexity index is 608. The molecule has 1 aliphatic heterocycles. The van der Waals surface area contributed by atoms with Crippen LogP contribution in [0, 0.1) is 0 Å². The highest BCUT2D eigenvalue weighted by molar-refractivity contribution is 5.64. The van der Waals surface area contributed by atoms with E-state index in [0.29, 0.717) is 0 Å². The minimum Gasteiger partial charge on any atom is -0.496 e. The van der Waals surface area contributed by atoms with Crippen LogP contribution < -0.4 is 10.1 Å². The summed E-state index contributed by atoms with van der Waals surface area (Å²) in [5.74, 6) is 1.58. The first kappa shape index (κ1) is 13.1. The van der Waals surface area contributed by atoms with E-state index < -0.39 is 0 Å². The molecule has 0 saturated carbocycles. The van der Waals surface area contributed by atoms with Crippen LogP contribution in [0.2, 0.25) is 0 Å². The third kappa shape index (κ3) is 2.27. The highest BCUT2D eigenvalue weighted by atomic mass is 16.5. The fraction of sp³-hybridized carbons (Fsp3) is 0.375. The quantitative estimate of drug-likeness (QED) is 0.929. The summed E-state index contributed by atoms with van der Waals surface area (Å²) >= 11 is 0. The number of aromatic nitrogens is 2. The third-order valence-corrected chi connectivity index (χ3v) is 3.71. The maximum atomic E-state index is 5.42.